The molecule has 0 spiro atoms. The lowest BCUT2D eigenvalue weighted by atomic mass is 9.96. The molecule has 25 heavy (non-hydrogen) atoms. The van der Waals surface area contributed by atoms with Gasteiger partial charge in [0.15, 0.2) is 6.10 Å². The van der Waals surface area contributed by atoms with Gasteiger partial charge in [-0.15, -0.1) is 0 Å². The summed E-state index contributed by atoms with van der Waals surface area (Å²) >= 11 is 0. The fourth-order valence-electron chi connectivity index (χ4n) is 3.14. The van der Waals surface area contributed by atoms with Crippen LogP contribution in [-0.2, 0) is 19.1 Å². The molecule has 7 heteroatoms. The minimum absolute atomic E-state index is 0.00968. The third kappa shape index (κ3) is 3.92. The van der Waals surface area contributed by atoms with Gasteiger partial charge in [-0.3, -0.25) is 14.4 Å². The Morgan fingerprint density at radius 3 is 2.72 bits per heavy atom. The van der Waals surface area contributed by atoms with E-state index in [0.717, 1.165) is 0 Å². The number of carbonyl (C=O) groups excluding carboxylic acids is 3. The lowest BCUT2D eigenvalue weighted by molar-refractivity contribution is -0.151. The summed E-state index contributed by atoms with van der Waals surface area (Å²) in [4.78, 5) is 38.0. The number of ether oxygens (including phenoxy) is 2. The highest BCUT2D eigenvalue weighted by Gasteiger charge is 2.33. The van der Waals surface area contributed by atoms with E-state index in [2.05, 4.69) is 5.32 Å². The molecule has 1 N–H and O–H groups in total. The van der Waals surface area contributed by atoms with Crippen LogP contribution in [0.5, 0.6) is 5.75 Å². The van der Waals surface area contributed by atoms with Gasteiger partial charge in [0.05, 0.1) is 24.6 Å². The molecule has 0 bridgehead atoms. The number of esters is 1. The van der Waals surface area contributed by atoms with E-state index >= 15 is 0 Å². The number of para-hydroxylation sites is 2. The molecule has 1 aromatic rings. The Bertz CT molecular complexity index is 667. The van der Waals surface area contributed by atoms with Crippen molar-refractivity contribution in [3.63, 3.8) is 0 Å². The summed E-state index contributed by atoms with van der Waals surface area (Å²) < 4.78 is 10.7. The monoisotopic (exact) mass is 346 g/mol. The molecule has 0 radical (unpaired) electrons. The summed E-state index contributed by atoms with van der Waals surface area (Å²) in [5.74, 6) is -0.220. The Morgan fingerprint density at radius 1 is 1.28 bits per heavy atom. The van der Waals surface area contributed by atoms with Crippen molar-refractivity contribution in [3.05, 3.63) is 24.3 Å². The van der Waals surface area contributed by atoms with Crippen molar-refractivity contribution in [2.45, 2.75) is 32.3 Å². The summed E-state index contributed by atoms with van der Waals surface area (Å²) in [7, 11) is 0. The van der Waals surface area contributed by atoms with E-state index in [0.29, 0.717) is 44.0 Å². The number of piperidine rings is 1. The van der Waals surface area contributed by atoms with E-state index in [-0.39, 0.29) is 30.1 Å². The normalized spacial score (nSPS) is 20.3. The average molecular weight is 346 g/mol. The molecule has 2 aliphatic heterocycles. The van der Waals surface area contributed by atoms with Crippen molar-refractivity contribution in [2.75, 3.05) is 25.0 Å². The Morgan fingerprint density at radius 2 is 2.00 bits per heavy atom. The highest BCUT2D eigenvalue weighted by atomic mass is 16.5. The number of nitrogens with zero attached hydrogens (tertiary/aromatic N) is 1. The van der Waals surface area contributed by atoms with Gasteiger partial charge in [-0.1, -0.05) is 12.1 Å². The molecule has 7 nitrogen and oxygen atoms in total. The minimum atomic E-state index is -0.829. The van der Waals surface area contributed by atoms with E-state index in [4.69, 9.17) is 9.47 Å². The van der Waals surface area contributed by atoms with Gasteiger partial charge in [0.2, 0.25) is 5.91 Å². The van der Waals surface area contributed by atoms with Crippen LogP contribution in [0.2, 0.25) is 0 Å². The second-order valence-electron chi connectivity index (χ2n) is 6.20. The van der Waals surface area contributed by atoms with Crippen LogP contribution in [-0.4, -0.2) is 48.5 Å². The van der Waals surface area contributed by atoms with Crippen molar-refractivity contribution in [1.29, 1.82) is 0 Å². The molecular weight excluding hydrogens is 324 g/mol. The second kappa shape index (κ2) is 7.55. The highest BCUT2D eigenvalue weighted by Crippen LogP contribution is 2.30. The zero-order chi connectivity index (χ0) is 17.8. The van der Waals surface area contributed by atoms with Crippen LogP contribution in [0.25, 0.3) is 0 Å². The molecular formula is C18H22N2O5. The number of nitrogens with one attached hydrogen (secondary N) is 1. The number of carbonyl (C=O) groups is 3. The molecule has 1 atom stereocenters. The maximum absolute atomic E-state index is 12.5. The number of benzene rings is 1. The lowest BCUT2D eigenvalue weighted by Gasteiger charge is -2.32. The number of hydrogen-bond acceptors (Lipinski definition) is 5. The zero-order valence-corrected chi connectivity index (χ0v) is 14.2. The average Bonchev–Trinajstić information content (AvgIpc) is 2.62. The van der Waals surface area contributed by atoms with Gasteiger partial charge in [0.25, 0.3) is 5.91 Å². The van der Waals surface area contributed by atoms with Gasteiger partial charge in [-0.25, -0.2) is 0 Å². The second-order valence-corrected chi connectivity index (χ2v) is 6.20. The first-order valence-corrected chi connectivity index (χ1v) is 8.59. The predicted octanol–water partition coefficient (Wildman–Crippen LogP) is 1.58. The largest absolute Gasteiger partial charge is 0.478 e. The first-order chi connectivity index (χ1) is 12.1. The molecule has 0 aliphatic carbocycles. The van der Waals surface area contributed by atoms with Crippen LogP contribution in [0, 0.1) is 5.92 Å². The third-order valence-electron chi connectivity index (χ3n) is 4.53. The van der Waals surface area contributed by atoms with Gasteiger partial charge in [-0.2, -0.15) is 0 Å². The number of anilines is 1. The number of fused-ring (bicyclic) bond motifs is 1. The molecule has 134 valence electrons. The van der Waals surface area contributed by atoms with Crippen LogP contribution in [0.1, 0.15) is 26.2 Å². The topological polar surface area (TPSA) is 84.9 Å². The van der Waals surface area contributed by atoms with Gasteiger partial charge < -0.3 is 19.7 Å². The summed E-state index contributed by atoms with van der Waals surface area (Å²) in [5.41, 5.74) is 0.617. The van der Waals surface area contributed by atoms with Gasteiger partial charge in [0.1, 0.15) is 5.75 Å². The summed E-state index contributed by atoms with van der Waals surface area (Å²) in [6.07, 6.45) is 0.339. The van der Waals surface area contributed by atoms with Crippen molar-refractivity contribution in [1.82, 2.24) is 4.90 Å². The van der Waals surface area contributed by atoms with Crippen LogP contribution in [0.3, 0.4) is 0 Å². The van der Waals surface area contributed by atoms with Crippen molar-refractivity contribution in [2.24, 2.45) is 5.92 Å². The molecule has 1 saturated heterocycles. The van der Waals surface area contributed by atoms with E-state index in [1.165, 1.54) is 0 Å². The zero-order valence-electron chi connectivity index (χ0n) is 14.2. The van der Waals surface area contributed by atoms with E-state index < -0.39 is 6.10 Å². The maximum Gasteiger partial charge on any atom is 0.309 e. The molecule has 0 saturated carbocycles. The molecule has 3 rings (SSSR count). The predicted molar refractivity (Wildman–Crippen MR) is 90.0 cm³/mol. The first-order valence-electron chi connectivity index (χ1n) is 8.59. The summed E-state index contributed by atoms with van der Waals surface area (Å²) in [6.45, 7) is 3.14. The Hall–Kier alpha value is -2.57. The molecule has 1 fully saturated rings. The smallest absolute Gasteiger partial charge is 0.309 e. The van der Waals surface area contributed by atoms with Gasteiger partial charge >= 0.3 is 5.97 Å². The van der Waals surface area contributed by atoms with Gasteiger partial charge in [-0.05, 0) is 31.9 Å². The minimum Gasteiger partial charge on any atom is -0.478 e. The van der Waals surface area contributed by atoms with Gasteiger partial charge in [0, 0.05) is 13.1 Å². The number of likely N-dealkylation sites (tertiary alicyclic amines) is 1. The Labute approximate surface area is 146 Å². The van der Waals surface area contributed by atoms with Crippen LogP contribution < -0.4 is 10.1 Å². The van der Waals surface area contributed by atoms with E-state index in [9.17, 15) is 14.4 Å². The quantitative estimate of drug-likeness (QED) is 0.837. The lowest BCUT2D eigenvalue weighted by Crippen LogP contribution is -2.45. The van der Waals surface area contributed by atoms with E-state index in [1.54, 1.807) is 24.0 Å². The SMILES string of the molecule is CCOC(=O)C1CCN(C(=O)CC2Oc3ccccc3NC2=O)CC1. The molecule has 2 amide bonds. The third-order valence-corrected chi connectivity index (χ3v) is 4.53. The molecule has 2 heterocycles. The number of rotatable bonds is 4. The first kappa shape index (κ1) is 17.3. The highest BCUT2D eigenvalue weighted by molar-refractivity contribution is 5.99. The number of hydrogen-bond donors (Lipinski definition) is 1. The van der Waals surface area contributed by atoms with Crippen molar-refractivity contribution >= 4 is 23.5 Å². The molecule has 0 aromatic heterocycles. The molecule has 2 aliphatic rings. The Kier molecular flexibility index (Phi) is 5.21. The standard InChI is InChI=1S/C18H22N2O5/c1-2-24-18(23)12-7-9-20(10-8-12)16(21)11-15-17(22)19-13-5-3-4-6-14(13)25-15/h3-6,12,15H,2,7-11H2,1H3,(H,19,22). The fraction of sp³-hybridized carbons (Fsp3) is 0.500. The van der Waals surface area contributed by atoms with Crippen LogP contribution >= 0.6 is 0 Å². The Balaban J connectivity index is 1.53. The summed E-state index contributed by atoms with van der Waals surface area (Å²) in [6, 6.07) is 7.14. The molecule has 1 aromatic carbocycles. The molecule has 1 unspecified atom stereocenters. The van der Waals surface area contributed by atoms with E-state index in [1.807, 2.05) is 12.1 Å². The fourth-order valence-corrected chi connectivity index (χ4v) is 3.14. The summed E-state index contributed by atoms with van der Waals surface area (Å²) in [5, 5.41) is 2.76. The maximum atomic E-state index is 12.5. The van der Waals surface area contributed by atoms with Crippen molar-refractivity contribution < 1.29 is 23.9 Å². The van der Waals surface area contributed by atoms with Crippen LogP contribution in [0.15, 0.2) is 24.3 Å². The number of amides is 2. The van der Waals surface area contributed by atoms with Crippen LogP contribution in [0.4, 0.5) is 5.69 Å². The van der Waals surface area contributed by atoms with Crippen molar-refractivity contribution in [3.8, 4) is 5.75 Å².